The van der Waals surface area contributed by atoms with E-state index in [1.807, 2.05) is 0 Å². The lowest BCUT2D eigenvalue weighted by molar-refractivity contribution is -0.274. The van der Waals surface area contributed by atoms with Crippen LogP contribution < -0.4 is 5.32 Å². The topological polar surface area (TPSA) is 65.7 Å². The number of carbonyl (C=O) groups excluding carboxylic acids is 1. The average molecular weight is 320 g/mol. The van der Waals surface area contributed by atoms with Crippen molar-refractivity contribution in [2.75, 3.05) is 19.6 Å². The van der Waals surface area contributed by atoms with Crippen LogP contribution in [0.25, 0.3) is 0 Å². The number of likely N-dealkylation sites (tertiary alicyclic amines) is 1. The van der Waals surface area contributed by atoms with E-state index < -0.39 is 30.0 Å². The standard InChI is InChI=1S/C14H19F3N2O3/c1-10-4-5-11(22-10)13(21,14(15,16)17)6-7-18-12(20)19-8-2-3-9-19/h4-5,21H,2-3,6-9H2,1H3,(H,18,20)/t13-/m1/s1. The van der Waals surface area contributed by atoms with Crippen LogP contribution in [0.2, 0.25) is 0 Å². The van der Waals surface area contributed by atoms with Crippen molar-refractivity contribution >= 4 is 6.03 Å². The van der Waals surface area contributed by atoms with Gasteiger partial charge in [0.25, 0.3) is 0 Å². The lowest BCUT2D eigenvalue weighted by Gasteiger charge is -2.29. The van der Waals surface area contributed by atoms with Crippen LogP contribution in [0.5, 0.6) is 0 Å². The second kappa shape index (κ2) is 6.20. The van der Waals surface area contributed by atoms with Crippen molar-refractivity contribution in [3.8, 4) is 0 Å². The highest BCUT2D eigenvalue weighted by Gasteiger charge is 2.56. The molecule has 0 aliphatic carbocycles. The molecule has 0 unspecified atom stereocenters. The van der Waals surface area contributed by atoms with Gasteiger partial charge in [-0.1, -0.05) is 0 Å². The normalized spacial score (nSPS) is 18.3. The van der Waals surface area contributed by atoms with Crippen molar-refractivity contribution < 1.29 is 27.5 Å². The van der Waals surface area contributed by atoms with E-state index >= 15 is 0 Å². The second-order valence-corrected chi connectivity index (χ2v) is 5.44. The van der Waals surface area contributed by atoms with Crippen LogP contribution in [0.4, 0.5) is 18.0 Å². The van der Waals surface area contributed by atoms with Crippen LogP contribution >= 0.6 is 0 Å². The first-order valence-electron chi connectivity index (χ1n) is 7.13. The van der Waals surface area contributed by atoms with Gasteiger partial charge >= 0.3 is 12.2 Å². The van der Waals surface area contributed by atoms with E-state index in [-0.39, 0.29) is 12.3 Å². The van der Waals surface area contributed by atoms with E-state index in [1.165, 1.54) is 13.0 Å². The zero-order valence-electron chi connectivity index (χ0n) is 12.2. The number of alkyl halides is 3. The Morgan fingerprint density at radius 1 is 1.36 bits per heavy atom. The monoisotopic (exact) mass is 320 g/mol. The first-order valence-corrected chi connectivity index (χ1v) is 7.13. The molecule has 2 amide bonds. The molecule has 1 aliphatic heterocycles. The summed E-state index contributed by atoms with van der Waals surface area (Å²) in [6.07, 6.45) is -3.81. The number of nitrogens with zero attached hydrogens (tertiary/aromatic N) is 1. The van der Waals surface area contributed by atoms with Gasteiger partial charge in [-0.25, -0.2) is 4.79 Å². The highest BCUT2D eigenvalue weighted by molar-refractivity contribution is 5.74. The Kier molecular flexibility index (Phi) is 4.69. The Labute approximate surface area is 126 Å². The maximum absolute atomic E-state index is 13.2. The molecule has 5 nitrogen and oxygen atoms in total. The summed E-state index contributed by atoms with van der Waals surface area (Å²) in [6.45, 7) is 2.40. The Hall–Kier alpha value is -1.70. The zero-order chi connectivity index (χ0) is 16.4. The first-order chi connectivity index (χ1) is 10.2. The average Bonchev–Trinajstić information content (AvgIpc) is 3.07. The molecule has 1 saturated heterocycles. The van der Waals surface area contributed by atoms with E-state index in [2.05, 4.69) is 5.32 Å². The Bertz CT molecular complexity index is 524. The summed E-state index contributed by atoms with van der Waals surface area (Å²) < 4.78 is 44.5. The molecule has 2 N–H and O–H groups in total. The molecule has 0 spiro atoms. The highest BCUT2D eigenvalue weighted by atomic mass is 19.4. The summed E-state index contributed by atoms with van der Waals surface area (Å²) in [5.74, 6) is -0.285. The fourth-order valence-electron chi connectivity index (χ4n) is 2.44. The molecular formula is C14H19F3N2O3. The number of aryl methyl sites for hydroxylation is 1. The largest absolute Gasteiger partial charge is 0.463 e. The molecule has 22 heavy (non-hydrogen) atoms. The molecule has 0 aromatic carbocycles. The summed E-state index contributed by atoms with van der Waals surface area (Å²) in [5, 5.41) is 12.4. The molecule has 0 saturated carbocycles. The minimum Gasteiger partial charge on any atom is -0.463 e. The van der Waals surface area contributed by atoms with Gasteiger partial charge < -0.3 is 19.7 Å². The number of nitrogens with one attached hydrogen (secondary N) is 1. The van der Waals surface area contributed by atoms with Crippen LogP contribution in [-0.2, 0) is 5.60 Å². The molecule has 1 atom stereocenters. The first kappa shape index (κ1) is 16.7. The maximum atomic E-state index is 13.2. The number of aliphatic hydroxyl groups is 1. The van der Waals surface area contributed by atoms with Gasteiger partial charge in [-0.15, -0.1) is 0 Å². The summed E-state index contributed by atoms with van der Waals surface area (Å²) in [4.78, 5) is 13.3. The van der Waals surface area contributed by atoms with E-state index in [1.54, 1.807) is 4.90 Å². The molecule has 1 aliphatic rings. The van der Waals surface area contributed by atoms with Crippen LogP contribution in [-0.4, -0.2) is 41.8 Å². The van der Waals surface area contributed by atoms with Gasteiger partial charge in [0.1, 0.15) is 11.5 Å². The molecule has 1 fully saturated rings. The predicted octanol–water partition coefficient (Wildman–Crippen LogP) is 2.53. The van der Waals surface area contributed by atoms with Crippen molar-refractivity contribution in [1.29, 1.82) is 0 Å². The van der Waals surface area contributed by atoms with Crippen molar-refractivity contribution in [2.45, 2.75) is 38.0 Å². The summed E-state index contributed by atoms with van der Waals surface area (Å²) in [5.41, 5.74) is -3.11. The number of hydrogen-bond acceptors (Lipinski definition) is 3. The number of rotatable bonds is 4. The molecule has 0 bridgehead atoms. The van der Waals surface area contributed by atoms with E-state index in [4.69, 9.17) is 4.42 Å². The van der Waals surface area contributed by atoms with Gasteiger partial charge in [-0.2, -0.15) is 13.2 Å². The summed E-state index contributed by atoms with van der Waals surface area (Å²) in [7, 11) is 0. The Morgan fingerprint density at radius 3 is 2.50 bits per heavy atom. The fraction of sp³-hybridized carbons (Fsp3) is 0.643. The molecule has 1 aromatic heterocycles. The van der Waals surface area contributed by atoms with Crippen LogP contribution in [0.3, 0.4) is 0 Å². The lowest BCUT2D eigenvalue weighted by Crippen LogP contribution is -2.46. The Balaban J connectivity index is 2.00. The second-order valence-electron chi connectivity index (χ2n) is 5.44. The minimum atomic E-state index is -4.89. The Morgan fingerprint density at radius 2 is 2.00 bits per heavy atom. The summed E-state index contributed by atoms with van der Waals surface area (Å²) in [6, 6.07) is 2.05. The number of urea groups is 1. The number of halogens is 3. The molecule has 2 rings (SSSR count). The molecule has 8 heteroatoms. The van der Waals surface area contributed by atoms with E-state index in [0.29, 0.717) is 13.1 Å². The van der Waals surface area contributed by atoms with Gasteiger partial charge in [-0.05, 0) is 31.9 Å². The van der Waals surface area contributed by atoms with Gasteiger partial charge in [0.15, 0.2) is 0 Å². The SMILES string of the molecule is Cc1ccc([C@](O)(CCNC(=O)N2CCCC2)C(F)(F)F)o1. The number of amides is 2. The van der Waals surface area contributed by atoms with Crippen molar-refractivity contribution in [3.05, 3.63) is 23.7 Å². The highest BCUT2D eigenvalue weighted by Crippen LogP contribution is 2.42. The lowest BCUT2D eigenvalue weighted by atomic mass is 9.96. The third kappa shape index (κ3) is 3.37. The van der Waals surface area contributed by atoms with E-state index in [9.17, 15) is 23.1 Å². The predicted molar refractivity (Wildman–Crippen MR) is 72.2 cm³/mol. The van der Waals surface area contributed by atoms with Crippen LogP contribution in [0.15, 0.2) is 16.5 Å². The molecule has 124 valence electrons. The van der Waals surface area contributed by atoms with Gasteiger partial charge in [0, 0.05) is 26.1 Å². The van der Waals surface area contributed by atoms with Gasteiger partial charge in [-0.3, -0.25) is 0 Å². The van der Waals surface area contributed by atoms with Crippen molar-refractivity contribution in [2.24, 2.45) is 0 Å². The molecule has 1 aromatic rings. The van der Waals surface area contributed by atoms with E-state index in [0.717, 1.165) is 18.9 Å². The third-order valence-corrected chi connectivity index (χ3v) is 3.77. The summed E-state index contributed by atoms with van der Waals surface area (Å²) >= 11 is 0. The van der Waals surface area contributed by atoms with Gasteiger partial charge in [0.05, 0.1) is 0 Å². The molecule has 0 radical (unpaired) electrons. The number of furan rings is 1. The minimum absolute atomic E-state index is 0.277. The van der Waals surface area contributed by atoms with Crippen LogP contribution in [0.1, 0.15) is 30.8 Å². The smallest absolute Gasteiger partial charge is 0.424 e. The maximum Gasteiger partial charge on any atom is 0.424 e. The van der Waals surface area contributed by atoms with Crippen molar-refractivity contribution in [3.63, 3.8) is 0 Å². The molecular weight excluding hydrogens is 301 g/mol. The fourth-order valence-corrected chi connectivity index (χ4v) is 2.44. The number of carbonyl (C=O) groups is 1. The van der Waals surface area contributed by atoms with Gasteiger partial charge in [0.2, 0.25) is 5.60 Å². The molecule has 2 heterocycles. The zero-order valence-corrected chi connectivity index (χ0v) is 12.2. The quantitative estimate of drug-likeness (QED) is 0.896. The van der Waals surface area contributed by atoms with Crippen LogP contribution in [0, 0.1) is 6.92 Å². The third-order valence-electron chi connectivity index (χ3n) is 3.77. The number of hydrogen-bond donors (Lipinski definition) is 2. The van der Waals surface area contributed by atoms with Crippen molar-refractivity contribution in [1.82, 2.24) is 10.2 Å².